The van der Waals surface area contributed by atoms with E-state index in [-0.39, 0.29) is 12.3 Å². The highest BCUT2D eigenvalue weighted by Crippen LogP contribution is 2.31. The van der Waals surface area contributed by atoms with Crippen molar-refractivity contribution in [3.05, 3.63) is 83.2 Å². The lowest BCUT2D eigenvalue weighted by Gasteiger charge is -2.21. The van der Waals surface area contributed by atoms with Crippen molar-refractivity contribution >= 4 is 53.5 Å². The number of fused-ring (bicyclic) bond motifs is 1. The molecular formula is C42H53ClN4O10. The van der Waals surface area contributed by atoms with Crippen LogP contribution in [0.3, 0.4) is 0 Å². The predicted octanol–water partition coefficient (Wildman–Crippen LogP) is 5.35. The van der Waals surface area contributed by atoms with E-state index in [9.17, 15) is 19.2 Å². The summed E-state index contributed by atoms with van der Waals surface area (Å²) in [5, 5.41) is 4.03. The molecule has 57 heavy (non-hydrogen) atoms. The standard InChI is InChI=1S/C34H39ClN2O7.C8H14N2O3/c1-4-30-20-27-6-5-26(22-33(27)37(30)3)29-21-32(35)34(36-23-29)44-18-16-42-14-12-40-10-9-39-11-13-41-15-17-43-31-8-7-28(24-38)25(2)19-31;1-9-8(13)7(4-3-5-11)10(2)6-12/h4-8,19-24H,1,9-18H2,2-3H3;5-7H,3-4H2,1-2H3,(H,9,13). The number of nitrogens with one attached hydrogen (secondary N) is 1. The van der Waals surface area contributed by atoms with E-state index in [4.69, 9.17) is 40.0 Å². The molecule has 4 rings (SSSR count). The van der Waals surface area contributed by atoms with Crippen LogP contribution >= 0.6 is 11.6 Å². The summed E-state index contributed by atoms with van der Waals surface area (Å²) in [6.45, 7) is 10.1. The number of likely N-dealkylation sites (N-methyl/N-ethyl adjacent to an activating group) is 2. The van der Waals surface area contributed by atoms with E-state index >= 15 is 0 Å². The highest BCUT2D eigenvalue weighted by molar-refractivity contribution is 6.32. The van der Waals surface area contributed by atoms with Gasteiger partial charge in [0.1, 0.15) is 42.6 Å². The van der Waals surface area contributed by atoms with Gasteiger partial charge in [-0.15, -0.1) is 0 Å². The van der Waals surface area contributed by atoms with Crippen LogP contribution in [0.1, 0.15) is 34.5 Å². The lowest BCUT2D eigenvalue weighted by Crippen LogP contribution is -2.43. The molecule has 0 saturated carbocycles. The molecule has 0 saturated heterocycles. The maximum atomic E-state index is 11.2. The van der Waals surface area contributed by atoms with Gasteiger partial charge in [-0.3, -0.25) is 14.4 Å². The van der Waals surface area contributed by atoms with E-state index in [0.717, 1.165) is 45.9 Å². The van der Waals surface area contributed by atoms with Crippen LogP contribution in [0.25, 0.3) is 28.1 Å². The summed E-state index contributed by atoms with van der Waals surface area (Å²) in [5.74, 6) is 0.837. The molecule has 15 heteroatoms. The van der Waals surface area contributed by atoms with Gasteiger partial charge in [-0.2, -0.15) is 0 Å². The van der Waals surface area contributed by atoms with Crippen molar-refractivity contribution in [3.8, 4) is 22.8 Å². The molecule has 0 aliphatic rings. The third-order valence-electron chi connectivity index (χ3n) is 8.64. The number of halogens is 1. The zero-order valence-corrected chi connectivity index (χ0v) is 33.8. The first kappa shape index (κ1) is 46.3. The van der Waals surface area contributed by atoms with Crippen molar-refractivity contribution in [3.63, 3.8) is 0 Å². The van der Waals surface area contributed by atoms with E-state index in [0.29, 0.717) is 101 Å². The number of carbonyl (C=O) groups excluding carboxylic acids is 4. The number of pyridine rings is 1. The molecule has 2 aromatic carbocycles. The van der Waals surface area contributed by atoms with Gasteiger partial charge in [0.05, 0.1) is 52.9 Å². The Kier molecular flexibility index (Phi) is 21.0. The molecule has 0 aliphatic carbocycles. The van der Waals surface area contributed by atoms with Gasteiger partial charge in [0.25, 0.3) is 0 Å². The zero-order valence-electron chi connectivity index (χ0n) is 33.1. The van der Waals surface area contributed by atoms with Crippen molar-refractivity contribution < 1.29 is 47.6 Å². The number of benzene rings is 2. The van der Waals surface area contributed by atoms with E-state index in [1.165, 1.54) is 19.0 Å². The highest BCUT2D eigenvalue weighted by Gasteiger charge is 2.20. The molecule has 1 atom stereocenters. The lowest BCUT2D eigenvalue weighted by molar-refractivity contribution is -0.131. The van der Waals surface area contributed by atoms with Crippen LogP contribution in [0.4, 0.5) is 0 Å². The third kappa shape index (κ3) is 15.4. The van der Waals surface area contributed by atoms with E-state index < -0.39 is 6.04 Å². The lowest BCUT2D eigenvalue weighted by atomic mass is 10.1. The molecule has 0 fully saturated rings. The first-order chi connectivity index (χ1) is 27.7. The second kappa shape index (κ2) is 25.9. The van der Waals surface area contributed by atoms with Crippen LogP contribution in [0.15, 0.2) is 61.3 Å². The van der Waals surface area contributed by atoms with Crippen LogP contribution in [0, 0.1) is 6.92 Å². The molecule has 4 aromatic rings. The van der Waals surface area contributed by atoms with E-state index in [1.807, 2.05) is 32.2 Å². The number of hydrogen-bond donors (Lipinski definition) is 1. The molecule has 2 aromatic heterocycles. The SMILES string of the molecule is C=Cc1cc2ccc(-c3cnc(OCCOCCOCCOCCOCCOc4ccc(C=O)c(C)c4)c(Cl)c3)cc2n1C.CNC(=O)C(CCC=O)N(C)C=O. The Balaban J connectivity index is 0.000000573. The summed E-state index contributed by atoms with van der Waals surface area (Å²) < 4.78 is 35.5. The summed E-state index contributed by atoms with van der Waals surface area (Å²) in [5.41, 5.74) is 5.66. The minimum atomic E-state index is -0.548. The second-order valence-electron chi connectivity index (χ2n) is 12.5. The van der Waals surface area contributed by atoms with Crippen LogP contribution < -0.4 is 14.8 Å². The fourth-order valence-electron chi connectivity index (χ4n) is 5.45. The number of nitrogens with zero attached hydrogens (tertiary/aromatic N) is 3. The molecular weight excluding hydrogens is 756 g/mol. The van der Waals surface area contributed by atoms with Gasteiger partial charge in [-0.05, 0) is 66.9 Å². The number of hydrogen-bond acceptors (Lipinski definition) is 11. The second-order valence-corrected chi connectivity index (χ2v) is 13.0. The van der Waals surface area contributed by atoms with Gasteiger partial charge >= 0.3 is 0 Å². The first-order valence-electron chi connectivity index (χ1n) is 18.5. The number of aryl methyl sites for hydroxylation is 2. The minimum absolute atomic E-state index is 0.253. The molecule has 14 nitrogen and oxygen atoms in total. The fraction of sp³-hybridized carbons (Fsp3) is 0.405. The van der Waals surface area contributed by atoms with Crippen LogP contribution in [-0.2, 0) is 40.4 Å². The van der Waals surface area contributed by atoms with Crippen molar-refractivity contribution in [1.82, 2.24) is 19.8 Å². The predicted molar refractivity (Wildman–Crippen MR) is 219 cm³/mol. The molecule has 2 heterocycles. The number of rotatable bonds is 26. The average Bonchev–Trinajstić information content (AvgIpc) is 3.55. The number of ether oxygens (including phenoxy) is 6. The molecule has 0 bridgehead atoms. The Bertz CT molecular complexity index is 1890. The van der Waals surface area contributed by atoms with Gasteiger partial charge in [0.15, 0.2) is 0 Å². The molecule has 1 unspecified atom stereocenters. The normalized spacial score (nSPS) is 11.2. The third-order valence-corrected chi connectivity index (χ3v) is 8.92. The molecule has 0 radical (unpaired) electrons. The van der Waals surface area contributed by atoms with Crippen LogP contribution in [-0.4, -0.2) is 126 Å². The molecule has 0 aliphatic heterocycles. The smallest absolute Gasteiger partial charge is 0.242 e. The van der Waals surface area contributed by atoms with Gasteiger partial charge in [0.2, 0.25) is 18.2 Å². The van der Waals surface area contributed by atoms with Crippen molar-refractivity contribution in [2.24, 2.45) is 7.05 Å². The van der Waals surface area contributed by atoms with Crippen molar-refractivity contribution in [2.75, 3.05) is 80.2 Å². The number of aromatic nitrogens is 2. The number of amides is 2. The summed E-state index contributed by atoms with van der Waals surface area (Å²) >= 11 is 6.46. The van der Waals surface area contributed by atoms with E-state index in [1.54, 1.807) is 18.3 Å². The van der Waals surface area contributed by atoms with Crippen molar-refractivity contribution in [1.29, 1.82) is 0 Å². The maximum Gasteiger partial charge on any atom is 0.242 e. The number of aldehydes is 2. The largest absolute Gasteiger partial charge is 0.491 e. The van der Waals surface area contributed by atoms with Gasteiger partial charge < -0.3 is 48.0 Å². The Morgan fingerprint density at radius 1 is 0.877 bits per heavy atom. The Labute approximate surface area is 339 Å². The summed E-state index contributed by atoms with van der Waals surface area (Å²) in [4.78, 5) is 48.2. The summed E-state index contributed by atoms with van der Waals surface area (Å²) in [6.07, 6.45) is 6.38. The number of carbonyl (C=O) groups is 4. The molecule has 308 valence electrons. The van der Waals surface area contributed by atoms with Crippen LogP contribution in [0.5, 0.6) is 11.6 Å². The maximum absolute atomic E-state index is 11.2. The minimum Gasteiger partial charge on any atom is -0.491 e. The van der Waals surface area contributed by atoms with Crippen molar-refractivity contribution in [2.45, 2.75) is 25.8 Å². The Hall–Kier alpha value is -5.12. The molecule has 2 amide bonds. The van der Waals surface area contributed by atoms with E-state index in [2.05, 4.69) is 45.7 Å². The highest BCUT2D eigenvalue weighted by atomic mass is 35.5. The summed E-state index contributed by atoms with van der Waals surface area (Å²) in [7, 11) is 5.03. The monoisotopic (exact) mass is 808 g/mol. The summed E-state index contributed by atoms with van der Waals surface area (Å²) in [6, 6.07) is 15.0. The zero-order chi connectivity index (χ0) is 41.4. The fourth-order valence-corrected chi connectivity index (χ4v) is 5.67. The van der Waals surface area contributed by atoms with Gasteiger partial charge in [0, 0.05) is 61.5 Å². The molecule has 1 N–H and O–H groups in total. The Morgan fingerprint density at radius 2 is 1.51 bits per heavy atom. The van der Waals surface area contributed by atoms with Gasteiger partial charge in [-0.25, -0.2) is 4.98 Å². The average molecular weight is 809 g/mol. The topological polar surface area (TPSA) is 157 Å². The first-order valence-corrected chi connectivity index (χ1v) is 18.9. The van der Waals surface area contributed by atoms with Crippen LogP contribution in [0.2, 0.25) is 5.02 Å². The quantitative estimate of drug-likeness (QED) is 0.0645. The molecule has 0 spiro atoms. The van der Waals surface area contributed by atoms with Gasteiger partial charge in [-0.1, -0.05) is 30.3 Å². The Morgan fingerprint density at radius 3 is 2.05 bits per heavy atom.